The summed E-state index contributed by atoms with van der Waals surface area (Å²) in [6.07, 6.45) is -0.131. The van der Waals surface area contributed by atoms with Gasteiger partial charge in [0.25, 0.3) is 5.91 Å². The second-order valence-corrected chi connectivity index (χ2v) is 13.5. The third kappa shape index (κ3) is 7.19. The third-order valence-corrected chi connectivity index (χ3v) is 10.1. The van der Waals surface area contributed by atoms with Crippen LogP contribution in [0.2, 0.25) is 0 Å². The number of carbonyl (C=O) groups excluding carboxylic acids is 3. The van der Waals surface area contributed by atoms with Crippen molar-refractivity contribution in [2.24, 2.45) is 40.5 Å². The average molecular weight is 656 g/mol. The van der Waals surface area contributed by atoms with Gasteiger partial charge in [-0.1, -0.05) is 65.8 Å². The topological polar surface area (TPSA) is 205 Å². The molecule has 2 aliphatic heterocycles. The molecule has 0 saturated heterocycles. The third-order valence-electron chi connectivity index (χ3n) is 10.1. The van der Waals surface area contributed by atoms with E-state index in [0.29, 0.717) is 0 Å². The minimum Gasteiger partial charge on any atom is -0.507 e. The first-order chi connectivity index (χ1) is 21.8. The van der Waals surface area contributed by atoms with Crippen LogP contribution in [0, 0.1) is 42.4 Å². The molecule has 0 spiro atoms. The zero-order valence-electron chi connectivity index (χ0n) is 28.5. The number of aliphatic hydroxyl groups is 5. The second kappa shape index (κ2) is 14.7. The first-order valence-electron chi connectivity index (χ1n) is 16.0. The fourth-order valence-corrected chi connectivity index (χ4v) is 6.54. The predicted octanol–water partition coefficient (Wildman–Crippen LogP) is 1.61. The molecule has 11 heteroatoms. The van der Waals surface area contributed by atoms with E-state index in [-0.39, 0.29) is 32.8 Å². The molecule has 11 atom stereocenters. The van der Waals surface area contributed by atoms with Gasteiger partial charge in [-0.3, -0.25) is 14.4 Å². The van der Waals surface area contributed by atoms with Gasteiger partial charge in [0.1, 0.15) is 16.9 Å². The Morgan fingerprint density at radius 3 is 1.74 bits per heavy atom. The van der Waals surface area contributed by atoms with Crippen LogP contribution in [-0.4, -0.2) is 77.6 Å². The van der Waals surface area contributed by atoms with Crippen LogP contribution >= 0.6 is 0 Å². The van der Waals surface area contributed by atoms with Crippen LogP contribution in [0.3, 0.4) is 0 Å². The van der Waals surface area contributed by atoms with E-state index in [4.69, 9.17) is 0 Å². The Labute approximate surface area is 275 Å². The summed E-state index contributed by atoms with van der Waals surface area (Å²) in [5.74, 6) is -8.23. The minimum absolute atomic E-state index is 0.0297. The lowest BCUT2D eigenvalue weighted by Crippen LogP contribution is -2.45. The Kier molecular flexibility index (Phi) is 11.9. The number of phenolic OH excluding ortho intramolecular Hbond substituents is 2. The minimum atomic E-state index is -1.63. The number of allylic oxidation sites excluding steroid dienone is 3. The smallest absolute Gasteiger partial charge is 0.273 e. The van der Waals surface area contributed by atoms with E-state index in [0.717, 1.165) is 0 Å². The van der Waals surface area contributed by atoms with E-state index in [2.05, 4.69) is 4.99 Å². The van der Waals surface area contributed by atoms with Gasteiger partial charge < -0.3 is 35.7 Å². The molecule has 3 aliphatic rings. The number of aromatic hydroxyl groups is 2. The molecule has 7 N–H and O–H groups in total. The number of Topliss-reactive ketones (excluding diaryl/α,β-unsaturated/α-hetero) is 2. The molecule has 47 heavy (non-hydrogen) atoms. The summed E-state index contributed by atoms with van der Waals surface area (Å²) in [5, 5.41) is 77.4. The van der Waals surface area contributed by atoms with Crippen LogP contribution in [0.25, 0.3) is 5.57 Å². The van der Waals surface area contributed by atoms with Crippen LogP contribution in [0.5, 0.6) is 11.5 Å². The van der Waals surface area contributed by atoms with Gasteiger partial charge in [0.05, 0.1) is 42.0 Å². The van der Waals surface area contributed by atoms with Gasteiger partial charge >= 0.3 is 0 Å². The van der Waals surface area contributed by atoms with Crippen LogP contribution in [-0.2, 0) is 14.4 Å². The molecule has 0 aromatic heterocycles. The molecular weight excluding hydrogens is 606 g/mol. The maximum Gasteiger partial charge on any atom is 0.273 e. The zero-order chi connectivity index (χ0) is 35.8. The van der Waals surface area contributed by atoms with Gasteiger partial charge in [-0.05, 0) is 26.3 Å². The molecular formula is C36H49NO10. The SMILES string of the molecule is C/C1=C\C=C/[C@@H](C)[C@H](O)[C@@H](C)[C@@H](O)[C@@H](C)[C@H](O)[C@H](C)[C@H](O)[C@H](C)/C=C(\C)C(=O)C2=c3c(O)c(C)c(c(O)c3C(O)C(C)C2=O)=NC1=O. The van der Waals surface area contributed by atoms with Crippen LogP contribution in [0.4, 0.5) is 0 Å². The highest BCUT2D eigenvalue weighted by atomic mass is 16.3. The summed E-state index contributed by atoms with van der Waals surface area (Å²) in [7, 11) is 0. The Morgan fingerprint density at radius 2 is 1.19 bits per heavy atom. The Balaban J connectivity index is 2.35. The summed E-state index contributed by atoms with van der Waals surface area (Å²) in [6, 6.07) is 0. The molecule has 258 valence electrons. The van der Waals surface area contributed by atoms with Gasteiger partial charge in [0, 0.05) is 51.5 Å². The summed E-state index contributed by atoms with van der Waals surface area (Å²) in [5.41, 5.74) is -0.703. The number of rotatable bonds is 0. The maximum atomic E-state index is 13.9. The molecule has 1 aromatic rings. The second-order valence-electron chi connectivity index (χ2n) is 13.5. The van der Waals surface area contributed by atoms with Crippen molar-refractivity contribution in [3.63, 3.8) is 0 Å². The molecule has 2 unspecified atom stereocenters. The van der Waals surface area contributed by atoms with Gasteiger partial charge in [-0.25, -0.2) is 4.99 Å². The first-order valence-corrected chi connectivity index (χ1v) is 16.0. The fraction of sp³-hybridized carbons (Fsp3) is 0.556. The summed E-state index contributed by atoms with van der Waals surface area (Å²) >= 11 is 0. The van der Waals surface area contributed by atoms with Crippen molar-refractivity contribution in [1.29, 1.82) is 0 Å². The molecule has 2 heterocycles. The number of benzene rings is 1. The fourth-order valence-electron chi connectivity index (χ4n) is 6.54. The molecule has 11 nitrogen and oxygen atoms in total. The van der Waals surface area contributed by atoms with E-state index in [1.165, 1.54) is 39.8 Å². The normalized spacial score (nSPS) is 37.9. The number of ketones is 2. The Hall–Kier alpha value is -3.48. The zero-order valence-corrected chi connectivity index (χ0v) is 28.5. The number of aliphatic hydroxyl groups excluding tert-OH is 5. The van der Waals surface area contributed by atoms with Crippen molar-refractivity contribution in [3.8, 4) is 11.5 Å². The lowest BCUT2D eigenvalue weighted by atomic mass is 9.76. The first kappa shape index (κ1) is 38.0. The van der Waals surface area contributed by atoms with Crippen molar-refractivity contribution in [2.45, 2.75) is 92.8 Å². The number of carbonyl (C=O) groups is 3. The van der Waals surface area contributed by atoms with Gasteiger partial charge in [0.15, 0.2) is 11.6 Å². The molecule has 0 fully saturated rings. The van der Waals surface area contributed by atoms with Gasteiger partial charge in [-0.15, -0.1) is 0 Å². The molecule has 0 radical (unpaired) electrons. The number of nitrogens with zero attached hydrogens (tertiary/aromatic N) is 1. The van der Waals surface area contributed by atoms with Crippen molar-refractivity contribution in [3.05, 3.63) is 57.2 Å². The summed E-state index contributed by atoms with van der Waals surface area (Å²) in [6.45, 7) is 13.9. The monoisotopic (exact) mass is 655 g/mol. The van der Waals surface area contributed by atoms with Crippen molar-refractivity contribution in [2.75, 3.05) is 0 Å². The van der Waals surface area contributed by atoms with Crippen molar-refractivity contribution in [1.82, 2.24) is 0 Å². The Morgan fingerprint density at radius 1 is 0.681 bits per heavy atom. The lowest BCUT2D eigenvalue weighted by molar-refractivity contribution is -0.122. The van der Waals surface area contributed by atoms with E-state index in [1.54, 1.807) is 46.8 Å². The highest BCUT2D eigenvalue weighted by molar-refractivity contribution is 6.46. The van der Waals surface area contributed by atoms with E-state index in [9.17, 15) is 50.1 Å². The van der Waals surface area contributed by atoms with E-state index >= 15 is 0 Å². The maximum absolute atomic E-state index is 13.9. The molecule has 0 saturated carbocycles. The highest BCUT2D eigenvalue weighted by Gasteiger charge is 2.41. The van der Waals surface area contributed by atoms with Gasteiger partial charge in [-0.2, -0.15) is 0 Å². The Bertz CT molecular complexity index is 1640. The number of hydrogen-bond acceptors (Lipinski definition) is 10. The van der Waals surface area contributed by atoms with E-state index in [1.807, 2.05) is 0 Å². The molecule has 4 bridgehead atoms. The van der Waals surface area contributed by atoms with Gasteiger partial charge in [0.2, 0.25) is 0 Å². The molecule has 1 aromatic carbocycles. The largest absolute Gasteiger partial charge is 0.507 e. The van der Waals surface area contributed by atoms with Crippen molar-refractivity contribution >= 4 is 23.0 Å². The molecule has 1 aliphatic carbocycles. The number of fused-ring (bicyclic) bond motifs is 15. The van der Waals surface area contributed by atoms with Crippen LogP contribution in [0.15, 0.2) is 40.4 Å². The van der Waals surface area contributed by atoms with Crippen LogP contribution in [0.1, 0.15) is 72.6 Å². The highest BCUT2D eigenvalue weighted by Crippen LogP contribution is 2.35. The number of amides is 1. The average Bonchev–Trinajstić information content (AvgIpc) is 3.04. The molecule has 1 amide bonds. The van der Waals surface area contributed by atoms with Crippen LogP contribution < -0.4 is 10.6 Å². The molecule has 4 rings (SSSR count). The summed E-state index contributed by atoms with van der Waals surface area (Å²) < 4.78 is 0. The lowest BCUT2D eigenvalue weighted by Gasteiger charge is -2.36. The number of hydrogen-bond donors (Lipinski definition) is 7. The summed E-state index contributed by atoms with van der Waals surface area (Å²) in [4.78, 5) is 44.5. The standard InChI is InChI=1S/C36H49NO10/c1-14-11-10-12-15(2)36(47)37-26-18(5)32(43)23-24(33(44)22(9)34(45)25(23)35(26)46)29(40)17(4)13-16(3)28(39)20(7)31(42)21(8)30(41)19(6)27(14)38/h10-14,16,19-22,27-28,30-31,34,38-39,41-43,45-46H,1-9H3/b11-10-,15-12+,17-13+,37-26?/t14-,16-,19-,20-,21-,22?,27+,28-,30-,31-,34?/m1/s1. The number of phenols is 2. The van der Waals surface area contributed by atoms with Crippen molar-refractivity contribution < 1.29 is 50.1 Å². The predicted molar refractivity (Wildman–Crippen MR) is 174 cm³/mol. The van der Waals surface area contributed by atoms with E-state index < -0.39 is 101 Å². The quantitative estimate of drug-likeness (QED) is 0.201.